The standard InChI is InChI=1S/C15H16ClFN2/c1-9-3-5-12(17)8-14(9)15(19-18)13-6-4-11(16)7-10(13)2/h3-8,15,19H,18H2,1-2H3. The Labute approximate surface area is 117 Å². The van der Waals surface area contributed by atoms with E-state index in [-0.39, 0.29) is 11.9 Å². The van der Waals surface area contributed by atoms with Crippen LogP contribution in [0.1, 0.15) is 28.3 Å². The second kappa shape index (κ2) is 5.70. The van der Waals surface area contributed by atoms with E-state index in [1.165, 1.54) is 12.1 Å². The molecule has 2 nitrogen and oxygen atoms in total. The van der Waals surface area contributed by atoms with Gasteiger partial charge in [0.2, 0.25) is 0 Å². The van der Waals surface area contributed by atoms with Crippen LogP contribution in [0.4, 0.5) is 4.39 Å². The van der Waals surface area contributed by atoms with Gasteiger partial charge in [0.1, 0.15) is 5.82 Å². The minimum Gasteiger partial charge on any atom is -0.271 e. The zero-order valence-corrected chi connectivity index (χ0v) is 11.6. The van der Waals surface area contributed by atoms with E-state index in [9.17, 15) is 4.39 Å². The summed E-state index contributed by atoms with van der Waals surface area (Å²) in [6.45, 7) is 3.89. The molecule has 0 spiro atoms. The van der Waals surface area contributed by atoms with Crippen LogP contribution in [0.2, 0.25) is 5.02 Å². The molecule has 0 amide bonds. The van der Waals surface area contributed by atoms with Gasteiger partial charge in [0, 0.05) is 5.02 Å². The molecule has 0 aliphatic heterocycles. The number of nitrogens with one attached hydrogen (secondary N) is 1. The van der Waals surface area contributed by atoms with Crippen molar-refractivity contribution in [3.8, 4) is 0 Å². The van der Waals surface area contributed by atoms with Crippen LogP contribution in [0.15, 0.2) is 36.4 Å². The highest BCUT2D eigenvalue weighted by atomic mass is 35.5. The topological polar surface area (TPSA) is 38.0 Å². The van der Waals surface area contributed by atoms with Gasteiger partial charge >= 0.3 is 0 Å². The van der Waals surface area contributed by atoms with E-state index in [4.69, 9.17) is 17.4 Å². The highest BCUT2D eigenvalue weighted by Gasteiger charge is 2.17. The van der Waals surface area contributed by atoms with E-state index in [2.05, 4.69) is 5.43 Å². The SMILES string of the molecule is Cc1cc(Cl)ccc1C(NN)c1cc(F)ccc1C. The number of nitrogens with two attached hydrogens (primary N) is 1. The summed E-state index contributed by atoms with van der Waals surface area (Å²) in [5.41, 5.74) is 6.56. The monoisotopic (exact) mass is 278 g/mol. The Morgan fingerprint density at radius 3 is 2.42 bits per heavy atom. The van der Waals surface area contributed by atoms with Gasteiger partial charge in [-0.25, -0.2) is 9.82 Å². The third-order valence-electron chi connectivity index (χ3n) is 3.26. The van der Waals surface area contributed by atoms with E-state index < -0.39 is 0 Å². The van der Waals surface area contributed by atoms with E-state index in [0.29, 0.717) is 5.02 Å². The molecule has 0 bridgehead atoms. The molecule has 1 unspecified atom stereocenters. The maximum absolute atomic E-state index is 13.4. The first-order valence-electron chi connectivity index (χ1n) is 6.01. The third kappa shape index (κ3) is 2.95. The molecule has 2 rings (SSSR count). The molecule has 0 heterocycles. The predicted octanol–water partition coefficient (Wildman–Crippen LogP) is 3.65. The third-order valence-corrected chi connectivity index (χ3v) is 3.50. The number of aryl methyl sites for hydroxylation is 2. The van der Waals surface area contributed by atoms with Crippen molar-refractivity contribution in [3.63, 3.8) is 0 Å². The molecule has 0 radical (unpaired) electrons. The zero-order chi connectivity index (χ0) is 14.0. The Balaban J connectivity index is 2.52. The van der Waals surface area contributed by atoms with Gasteiger partial charge in [0.15, 0.2) is 0 Å². The summed E-state index contributed by atoms with van der Waals surface area (Å²) in [5.74, 6) is 5.39. The zero-order valence-electron chi connectivity index (χ0n) is 10.9. The van der Waals surface area contributed by atoms with Gasteiger partial charge in [-0.1, -0.05) is 23.7 Å². The summed E-state index contributed by atoms with van der Waals surface area (Å²) >= 11 is 5.96. The summed E-state index contributed by atoms with van der Waals surface area (Å²) in [7, 11) is 0. The van der Waals surface area contributed by atoms with Gasteiger partial charge in [-0.15, -0.1) is 0 Å². The lowest BCUT2D eigenvalue weighted by Gasteiger charge is -2.21. The average molecular weight is 279 g/mol. The minimum atomic E-state index is -0.271. The highest BCUT2D eigenvalue weighted by molar-refractivity contribution is 6.30. The van der Waals surface area contributed by atoms with E-state index >= 15 is 0 Å². The lowest BCUT2D eigenvalue weighted by atomic mass is 9.92. The Hall–Kier alpha value is -1.42. The Kier molecular flexibility index (Phi) is 4.20. The largest absolute Gasteiger partial charge is 0.271 e. The number of halogens is 2. The predicted molar refractivity (Wildman–Crippen MR) is 76.5 cm³/mol. The number of benzene rings is 2. The maximum atomic E-state index is 13.4. The summed E-state index contributed by atoms with van der Waals surface area (Å²) in [6, 6.07) is 10.0. The van der Waals surface area contributed by atoms with Gasteiger partial charge in [-0.2, -0.15) is 0 Å². The van der Waals surface area contributed by atoms with Crippen LogP contribution in [-0.4, -0.2) is 0 Å². The fraction of sp³-hybridized carbons (Fsp3) is 0.200. The van der Waals surface area contributed by atoms with Crippen molar-refractivity contribution in [2.45, 2.75) is 19.9 Å². The quantitative estimate of drug-likeness (QED) is 0.664. The van der Waals surface area contributed by atoms with Crippen molar-refractivity contribution in [2.24, 2.45) is 5.84 Å². The number of hydrazine groups is 1. The van der Waals surface area contributed by atoms with E-state index in [1.54, 1.807) is 6.07 Å². The molecule has 3 N–H and O–H groups in total. The molecule has 2 aromatic carbocycles. The van der Waals surface area contributed by atoms with Crippen LogP contribution in [0.25, 0.3) is 0 Å². The molecular formula is C15H16ClFN2. The smallest absolute Gasteiger partial charge is 0.123 e. The van der Waals surface area contributed by atoms with Crippen molar-refractivity contribution in [1.82, 2.24) is 5.43 Å². The fourth-order valence-corrected chi connectivity index (χ4v) is 2.46. The second-order valence-corrected chi connectivity index (χ2v) is 5.04. The summed E-state index contributed by atoms with van der Waals surface area (Å²) in [5, 5.41) is 0.674. The summed E-state index contributed by atoms with van der Waals surface area (Å²) < 4.78 is 13.4. The van der Waals surface area contributed by atoms with Gasteiger partial charge in [0.05, 0.1) is 6.04 Å². The van der Waals surface area contributed by atoms with Crippen molar-refractivity contribution < 1.29 is 4.39 Å². The second-order valence-electron chi connectivity index (χ2n) is 4.60. The summed E-state index contributed by atoms with van der Waals surface area (Å²) in [6.07, 6.45) is 0. The van der Waals surface area contributed by atoms with Crippen LogP contribution in [0.5, 0.6) is 0 Å². The molecule has 0 aromatic heterocycles. The molecule has 19 heavy (non-hydrogen) atoms. The van der Waals surface area contributed by atoms with Crippen LogP contribution < -0.4 is 11.3 Å². The summed E-state index contributed by atoms with van der Waals surface area (Å²) in [4.78, 5) is 0. The molecule has 1 atom stereocenters. The number of hydrogen-bond acceptors (Lipinski definition) is 2. The molecule has 0 saturated heterocycles. The van der Waals surface area contributed by atoms with E-state index in [1.807, 2.05) is 32.0 Å². The van der Waals surface area contributed by atoms with Gasteiger partial charge < -0.3 is 0 Å². The first-order chi connectivity index (χ1) is 9.02. The molecule has 0 aliphatic rings. The molecule has 2 aromatic rings. The van der Waals surface area contributed by atoms with Crippen molar-refractivity contribution in [2.75, 3.05) is 0 Å². The van der Waals surface area contributed by atoms with Crippen molar-refractivity contribution in [3.05, 3.63) is 69.5 Å². The molecule has 0 aliphatic carbocycles. The van der Waals surface area contributed by atoms with Crippen LogP contribution in [0, 0.1) is 19.7 Å². The minimum absolute atomic E-state index is 0.257. The van der Waals surface area contributed by atoms with E-state index in [0.717, 1.165) is 22.3 Å². The Morgan fingerprint density at radius 2 is 1.79 bits per heavy atom. The van der Waals surface area contributed by atoms with Crippen molar-refractivity contribution >= 4 is 11.6 Å². The molecule has 0 saturated carbocycles. The van der Waals surface area contributed by atoms with Gasteiger partial charge in [0.25, 0.3) is 0 Å². The molecule has 100 valence electrons. The first kappa shape index (κ1) is 14.0. The maximum Gasteiger partial charge on any atom is 0.123 e. The Morgan fingerprint density at radius 1 is 1.05 bits per heavy atom. The van der Waals surface area contributed by atoms with Crippen molar-refractivity contribution in [1.29, 1.82) is 0 Å². The number of hydrogen-bond donors (Lipinski definition) is 2. The average Bonchev–Trinajstić information content (AvgIpc) is 2.36. The normalized spacial score (nSPS) is 12.5. The van der Waals surface area contributed by atoms with Crippen LogP contribution in [-0.2, 0) is 0 Å². The van der Waals surface area contributed by atoms with Crippen LogP contribution in [0.3, 0.4) is 0 Å². The lowest BCUT2D eigenvalue weighted by molar-refractivity contribution is 0.601. The first-order valence-corrected chi connectivity index (χ1v) is 6.39. The lowest BCUT2D eigenvalue weighted by Crippen LogP contribution is -2.30. The number of rotatable bonds is 3. The van der Waals surface area contributed by atoms with Gasteiger partial charge in [-0.3, -0.25) is 5.84 Å². The van der Waals surface area contributed by atoms with Crippen LogP contribution >= 0.6 is 11.6 Å². The fourth-order valence-electron chi connectivity index (χ4n) is 2.23. The Bertz CT molecular complexity index is 599. The van der Waals surface area contributed by atoms with Gasteiger partial charge in [-0.05, 0) is 60.4 Å². The molecule has 4 heteroatoms. The molecule has 0 fully saturated rings. The molecular weight excluding hydrogens is 263 g/mol. The highest BCUT2D eigenvalue weighted by Crippen LogP contribution is 2.28.